The van der Waals surface area contributed by atoms with Crippen LogP contribution in [0, 0.1) is 17.8 Å². The maximum atomic E-state index is 12.9. The molecule has 9 heteroatoms. The van der Waals surface area contributed by atoms with E-state index in [9.17, 15) is 9.59 Å². The number of nitrogens with zero attached hydrogens (tertiary/aromatic N) is 5. The Bertz CT molecular complexity index is 1710. The van der Waals surface area contributed by atoms with Gasteiger partial charge in [0.1, 0.15) is 17.2 Å². The largest absolute Gasteiger partial charge is 0.378 e. The molecule has 1 aromatic carbocycles. The summed E-state index contributed by atoms with van der Waals surface area (Å²) in [6.07, 6.45) is 12.4. The predicted octanol–water partition coefficient (Wildman–Crippen LogP) is 4.64. The number of hydrogen-bond acceptors (Lipinski definition) is 7. The molecule has 1 saturated heterocycles. The molecule has 43 heavy (non-hydrogen) atoms. The van der Waals surface area contributed by atoms with Crippen molar-refractivity contribution in [1.82, 2.24) is 19.9 Å². The fourth-order valence-electron chi connectivity index (χ4n) is 4.87. The summed E-state index contributed by atoms with van der Waals surface area (Å²) in [5.74, 6) is 6.84. The number of pyridine rings is 2. The van der Waals surface area contributed by atoms with Crippen molar-refractivity contribution in [3.63, 3.8) is 0 Å². The SMILES string of the molecule is CC1C=C(C#Cc2ccnc(NC(=O)c3ccccn3)c2)N2N=C(c3ccc(C(=O)N4CCOCC4)cc3)C=CC2=CC1. The van der Waals surface area contributed by atoms with Gasteiger partial charge in [-0.3, -0.25) is 14.6 Å². The zero-order valence-electron chi connectivity index (χ0n) is 23.7. The number of aromatic nitrogens is 2. The van der Waals surface area contributed by atoms with Crippen molar-refractivity contribution in [2.75, 3.05) is 31.6 Å². The van der Waals surface area contributed by atoms with Crippen molar-refractivity contribution in [2.45, 2.75) is 13.3 Å². The summed E-state index contributed by atoms with van der Waals surface area (Å²) in [7, 11) is 0. The number of benzene rings is 1. The molecule has 0 radical (unpaired) electrons. The molecule has 3 aliphatic rings. The van der Waals surface area contributed by atoms with Crippen molar-refractivity contribution in [2.24, 2.45) is 11.0 Å². The second-order valence-corrected chi connectivity index (χ2v) is 10.4. The number of hydrazone groups is 1. The molecule has 1 atom stereocenters. The standard InChI is InChI=1S/C34H30N6O3/c1-24-5-11-28-13-14-30(26-7-9-27(10-8-26)34(42)39-18-20-43-21-19-39)38-40(28)29(22-24)12-6-25-15-17-36-32(23-25)37-33(41)31-4-2-3-16-35-31/h2-4,7-11,13-17,22-24H,5,18-21H2,1H3,(H,36,37,41). The van der Waals surface area contributed by atoms with Gasteiger partial charge in [-0.1, -0.05) is 37.1 Å². The third-order valence-corrected chi connectivity index (χ3v) is 7.19. The Kier molecular flexibility index (Phi) is 8.20. The van der Waals surface area contributed by atoms with E-state index in [1.807, 2.05) is 46.3 Å². The minimum atomic E-state index is -0.339. The normalized spacial score (nSPS) is 17.8. The van der Waals surface area contributed by atoms with E-state index < -0.39 is 0 Å². The van der Waals surface area contributed by atoms with Crippen LogP contribution in [0.2, 0.25) is 0 Å². The number of rotatable bonds is 4. The third-order valence-electron chi connectivity index (χ3n) is 7.19. The quantitative estimate of drug-likeness (QED) is 0.459. The summed E-state index contributed by atoms with van der Waals surface area (Å²) in [6, 6.07) is 16.2. The third kappa shape index (κ3) is 6.61. The summed E-state index contributed by atoms with van der Waals surface area (Å²) >= 11 is 0. The first-order valence-electron chi connectivity index (χ1n) is 14.2. The fraction of sp³-hybridized carbons (Fsp3) is 0.206. The van der Waals surface area contributed by atoms with Crippen LogP contribution in [0.25, 0.3) is 0 Å². The lowest BCUT2D eigenvalue weighted by atomic mass is 10.0. The molecule has 3 aliphatic heterocycles. The van der Waals surface area contributed by atoms with Gasteiger partial charge in [-0.25, -0.2) is 9.99 Å². The number of amides is 2. The first kappa shape index (κ1) is 27.8. The molecule has 2 amide bonds. The summed E-state index contributed by atoms with van der Waals surface area (Å²) < 4.78 is 5.37. The lowest BCUT2D eigenvalue weighted by molar-refractivity contribution is 0.0303. The van der Waals surface area contributed by atoms with Crippen LogP contribution >= 0.6 is 0 Å². The molecule has 214 valence electrons. The highest BCUT2D eigenvalue weighted by molar-refractivity contribution is 6.10. The van der Waals surface area contributed by atoms with E-state index >= 15 is 0 Å². The molecule has 2 aromatic heterocycles. The first-order valence-corrected chi connectivity index (χ1v) is 14.2. The second-order valence-electron chi connectivity index (χ2n) is 10.4. The average molecular weight is 571 g/mol. The number of allylic oxidation sites excluding steroid dienone is 5. The molecule has 0 bridgehead atoms. The molecule has 1 N–H and O–H groups in total. The molecule has 6 rings (SSSR count). The number of anilines is 1. The van der Waals surface area contributed by atoms with Gasteiger partial charge in [-0.2, -0.15) is 5.10 Å². The number of carbonyl (C=O) groups is 2. The van der Waals surface area contributed by atoms with Crippen LogP contribution in [-0.2, 0) is 4.74 Å². The summed E-state index contributed by atoms with van der Waals surface area (Å²) in [5, 5.41) is 9.60. The molecule has 0 saturated carbocycles. The van der Waals surface area contributed by atoms with Gasteiger partial charge in [0.15, 0.2) is 0 Å². The van der Waals surface area contributed by atoms with Crippen molar-refractivity contribution >= 4 is 23.3 Å². The zero-order chi connectivity index (χ0) is 29.6. The topological polar surface area (TPSA) is 100 Å². The van der Waals surface area contributed by atoms with Crippen LogP contribution in [0.1, 0.15) is 45.3 Å². The van der Waals surface area contributed by atoms with E-state index in [-0.39, 0.29) is 17.7 Å². The lowest BCUT2D eigenvalue weighted by Gasteiger charge is -2.27. The molecule has 1 unspecified atom stereocenters. The number of ether oxygens (including phenoxy) is 1. The fourth-order valence-corrected chi connectivity index (χ4v) is 4.87. The van der Waals surface area contributed by atoms with Crippen molar-refractivity contribution < 1.29 is 14.3 Å². The Morgan fingerprint density at radius 1 is 0.977 bits per heavy atom. The number of carbonyl (C=O) groups excluding carboxylic acids is 2. The molecule has 0 aliphatic carbocycles. The minimum absolute atomic E-state index is 0.0127. The number of morpholine rings is 1. The van der Waals surface area contributed by atoms with E-state index in [4.69, 9.17) is 9.84 Å². The molecule has 9 nitrogen and oxygen atoms in total. The van der Waals surface area contributed by atoms with Crippen LogP contribution in [0.4, 0.5) is 5.82 Å². The van der Waals surface area contributed by atoms with E-state index in [0.717, 1.165) is 29.1 Å². The van der Waals surface area contributed by atoms with E-state index in [0.29, 0.717) is 48.9 Å². The van der Waals surface area contributed by atoms with Crippen molar-refractivity contribution in [3.8, 4) is 11.8 Å². The molecular formula is C34H30N6O3. The molecule has 5 heterocycles. The van der Waals surface area contributed by atoms with Gasteiger partial charge in [0.25, 0.3) is 11.8 Å². The maximum Gasteiger partial charge on any atom is 0.275 e. The minimum Gasteiger partial charge on any atom is -0.378 e. The Morgan fingerprint density at radius 2 is 1.81 bits per heavy atom. The summed E-state index contributed by atoms with van der Waals surface area (Å²) in [5.41, 5.74) is 5.04. The Morgan fingerprint density at radius 3 is 2.60 bits per heavy atom. The van der Waals surface area contributed by atoms with Crippen LogP contribution < -0.4 is 5.32 Å². The number of fused-ring (bicyclic) bond motifs is 1. The monoisotopic (exact) mass is 570 g/mol. The summed E-state index contributed by atoms with van der Waals surface area (Å²) in [4.78, 5) is 35.6. The van der Waals surface area contributed by atoms with Crippen LogP contribution in [0.5, 0.6) is 0 Å². The van der Waals surface area contributed by atoms with Gasteiger partial charge in [-0.15, -0.1) is 0 Å². The molecule has 1 fully saturated rings. The van der Waals surface area contributed by atoms with Crippen molar-refractivity contribution in [1.29, 1.82) is 0 Å². The number of nitrogens with one attached hydrogen (secondary N) is 1. The second kappa shape index (κ2) is 12.7. The maximum absolute atomic E-state index is 12.9. The Labute approximate surface area is 250 Å². The van der Waals surface area contributed by atoms with E-state index in [2.05, 4.69) is 46.2 Å². The van der Waals surface area contributed by atoms with Gasteiger partial charge >= 0.3 is 0 Å². The van der Waals surface area contributed by atoms with Gasteiger partial charge in [0.2, 0.25) is 0 Å². The molecular weight excluding hydrogens is 540 g/mol. The Balaban J connectivity index is 1.22. The highest BCUT2D eigenvalue weighted by Gasteiger charge is 2.22. The Hall–Kier alpha value is -5.33. The molecule has 0 spiro atoms. The smallest absolute Gasteiger partial charge is 0.275 e. The predicted molar refractivity (Wildman–Crippen MR) is 164 cm³/mol. The van der Waals surface area contributed by atoms with Crippen LogP contribution in [-0.4, -0.2) is 63.7 Å². The highest BCUT2D eigenvalue weighted by atomic mass is 16.5. The number of hydrogen-bond donors (Lipinski definition) is 1. The van der Waals surface area contributed by atoms with Gasteiger partial charge < -0.3 is 15.0 Å². The van der Waals surface area contributed by atoms with Gasteiger partial charge in [-0.05, 0) is 72.9 Å². The van der Waals surface area contributed by atoms with E-state index in [1.54, 1.807) is 42.7 Å². The first-order chi connectivity index (χ1) is 21.0. The summed E-state index contributed by atoms with van der Waals surface area (Å²) in [6.45, 7) is 4.50. The van der Waals surface area contributed by atoms with Crippen LogP contribution in [0.15, 0.2) is 108 Å². The van der Waals surface area contributed by atoms with E-state index in [1.165, 1.54) is 0 Å². The van der Waals surface area contributed by atoms with Gasteiger partial charge in [0, 0.05) is 42.2 Å². The lowest BCUT2D eigenvalue weighted by Crippen LogP contribution is -2.40. The van der Waals surface area contributed by atoms with Crippen LogP contribution in [0.3, 0.4) is 0 Å². The van der Waals surface area contributed by atoms with Crippen molar-refractivity contribution in [3.05, 3.63) is 125 Å². The average Bonchev–Trinajstić information content (AvgIpc) is 3.22. The zero-order valence-corrected chi connectivity index (χ0v) is 23.7. The molecule has 3 aromatic rings. The highest BCUT2D eigenvalue weighted by Crippen LogP contribution is 2.27. The van der Waals surface area contributed by atoms with Gasteiger partial charge in [0.05, 0.1) is 24.6 Å².